The zero-order chi connectivity index (χ0) is 19.9. The van der Waals surface area contributed by atoms with Crippen molar-refractivity contribution < 1.29 is 28.2 Å². The van der Waals surface area contributed by atoms with Crippen LogP contribution in [-0.2, 0) is 6.42 Å². The molecule has 28 heavy (non-hydrogen) atoms. The molecule has 0 amide bonds. The van der Waals surface area contributed by atoms with Gasteiger partial charge in [0.2, 0.25) is 5.89 Å². The second kappa shape index (κ2) is 8.94. The van der Waals surface area contributed by atoms with Crippen molar-refractivity contribution in [2.75, 3.05) is 14.2 Å². The predicted molar refractivity (Wildman–Crippen MR) is 102 cm³/mol. The predicted octanol–water partition coefficient (Wildman–Crippen LogP) is 4.89. The summed E-state index contributed by atoms with van der Waals surface area (Å²) in [6.07, 6.45) is 0.491. The first kappa shape index (κ1) is 19.3. The normalized spacial score (nSPS) is 10.4. The van der Waals surface area contributed by atoms with Crippen molar-refractivity contribution in [2.24, 2.45) is 0 Å². The highest BCUT2D eigenvalue weighted by Crippen LogP contribution is 2.33. The summed E-state index contributed by atoms with van der Waals surface area (Å²) in [5, 5.41) is 0. The van der Waals surface area contributed by atoms with Gasteiger partial charge < -0.3 is 23.4 Å². The van der Waals surface area contributed by atoms with E-state index in [0.29, 0.717) is 40.8 Å². The van der Waals surface area contributed by atoms with E-state index in [1.54, 1.807) is 56.7 Å². The number of carbonyl (C=O) groups excluding carboxylic acids is 1. The minimum Gasteiger partial charge on any atom is -0.497 e. The molecule has 0 bridgehead atoms. The van der Waals surface area contributed by atoms with E-state index in [1.165, 1.54) is 0 Å². The lowest BCUT2D eigenvalue weighted by molar-refractivity contribution is 0.140. The molecule has 1 heterocycles. The number of aryl methyl sites for hydroxylation is 1. The van der Waals surface area contributed by atoms with Crippen LogP contribution >= 0.6 is 0 Å². The molecule has 0 fully saturated rings. The molecule has 7 nitrogen and oxygen atoms in total. The molecule has 0 aliphatic heterocycles. The molecule has 0 radical (unpaired) electrons. The summed E-state index contributed by atoms with van der Waals surface area (Å²) < 4.78 is 26.7. The Bertz CT molecular complexity index is 913. The van der Waals surface area contributed by atoms with Crippen LogP contribution in [0.5, 0.6) is 23.2 Å². The van der Waals surface area contributed by atoms with Gasteiger partial charge in [0.15, 0.2) is 0 Å². The Morgan fingerprint density at radius 2 is 1.64 bits per heavy atom. The number of oxazole rings is 1. The zero-order valence-corrected chi connectivity index (χ0v) is 15.9. The third kappa shape index (κ3) is 4.62. The van der Waals surface area contributed by atoms with Gasteiger partial charge in [-0.15, -0.1) is 0 Å². The van der Waals surface area contributed by atoms with Gasteiger partial charge in [-0.3, -0.25) is 0 Å². The zero-order valence-electron chi connectivity index (χ0n) is 15.9. The minimum absolute atomic E-state index is 0.0135. The standard InChI is InChI=1S/C21H21NO6/c1-4-8-18-20(28-21(23)26-15-9-6-5-7-10-15)27-19(22-18)14-11-16(24-2)13-17(12-14)25-3/h5-7,9-13H,4,8H2,1-3H3. The lowest BCUT2D eigenvalue weighted by Crippen LogP contribution is -2.14. The van der Waals surface area contributed by atoms with Crippen LogP contribution in [0.15, 0.2) is 52.9 Å². The quantitative estimate of drug-likeness (QED) is 0.424. The van der Waals surface area contributed by atoms with Crippen LogP contribution in [0.25, 0.3) is 11.5 Å². The largest absolute Gasteiger partial charge is 0.521 e. The first-order chi connectivity index (χ1) is 13.6. The Hall–Kier alpha value is -3.48. The number of para-hydroxylation sites is 1. The Morgan fingerprint density at radius 3 is 2.25 bits per heavy atom. The highest BCUT2D eigenvalue weighted by molar-refractivity contribution is 5.67. The van der Waals surface area contributed by atoms with Crippen molar-refractivity contribution in [3.05, 3.63) is 54.2 Å². The number of carbonyl (C=O) groups is 1. The molecule has 2 aromatic carbocycles. The van der Waals surface area contributed by atoms with Gasteiger partial charge in [-0.2, -0.15) is 0 Å². The Labute approximate surface area is 162 Å². The minimum atomic E-state index is -0.894. The van der Waals surface area contributed by atoms with Crippen molar-refractivity contribution in [3.8, 4) is 34.6 Å². The summed E-state index contributed by atoms with van der Waals surface area (Å²) in [7, 11) is 3.12. The molecule has 0 unspecified atom stereocenters. The van der Waals surface area contributed by atoms with Gasteiger partial charge in [-0.1, -0.05) is 31.5 Å². The first-order valence-electron chi connectivity index (χ1n) is 8.80. The van der Waals surface area contributed by atoms with Gasteiger partial charge in [0.1, 0.15) is 22.9 Å². The summed E-state index contributed by atoms with van der Waals surface area (Å²) in [6, 6.07) is 13.9. The van der Waals surface area contributed by atoms with Crippen LogP contribution in [0.3, 0.4) is 0 Å². The van der Waals surface area contributed by atoms with E-state index >= 15 is 0 Å². The molecule has 0 atom stereocenters. The van der Waals surface area contributed by atoms with Crippen molar-refractivity contribution in [1.29, 1.82) is 0 Å². The van der Waals surface area contributed by atoms with Crippen LogP contribution in [0.1, 0.15) is 19.0 Å². The number of rotatable bonds is 7. The summed E-state index contributed by atoms with van der Waals surface area (Å²) in [5.74, 6) is 1.87. The number of hydrogen-bond donors (Lipinski definition) is 0. The molecule has 3 rings (SSSR count). The summed E-state index contributed by atoms with van der Waals surface area (Å²) in [5.41, 5.74) is 1.17. The molecule has 0 N–H and O–H groups in total. The second-order valence-electron chi connectivity index (χ2n) is 5.87. The average Bonchev–Trinajstić information content (AvgIpc) is 3.11. The maximum atomic E-state index is 12.1. The van der Waals surface area contributed by atoms with Crippen LogP contribution in [0, 0.1) is 0 Å². The molecule has 146 valence electrons. The number of nitrogens with zero attached hydrogens (tertiary/aromatic N) is 1. The third-order valence-corrected chi connectivity index (χ3v) is 3.87. The molecule has 3 aromatic rings. The molecule has 7 heteroatoms. The van der Waals surface area contributed by atoms with Gasteiger partial charge in [-0.25, -0.2) is 9.78 Å². The van der Waals surface area contributed by atoms with E-state index in [4.69, 9.17) is 23.4 Å². The van der Waals surface area contributed by atoms with E-state index < -0.39 is 6.16 Å². The second-order valence-corrected chi connectivity index (χ2v) is 5.87. The lowest BCUT2D eigenvalue weighted by Gasteiger charge is -2.06. The van der Waals surface area contributed by atoms with Gasteiger partial charge in [0.05, 0.1) is 14.2 Å². The molecule has 0 saturated carbocycles. The molecule has 0 saturated heterocycles. The number of methoxy groups -OCH3 is 2. The van der Waals surface area contributed by atoms with Gasteiger partial charge in [-0.05, 0) is 30.7 Å². The summed E-state index contributed by atoms with van der Waals surface area (Å²) in [4.78, 5) is 16.6. The highest BCUT2D eigenvalue weighted by atomic mass is 16.8. The average molecular weight is 383 g/mol. The lowest BCUT2D eigenvalue weighted by atomic mass is 10.2. The third-order valence-electron chi connectivity index (χ3n) is 3.87. The van der Waals surface area contributed by atoms with Crippen molar-refractivity contribution in [2.45, 2.75) is 19.8 Å². The molecule has 0 aliphatic carbocycles. The molecule has 0 aliphatic rings. The van der Waals surface area contributed by atoms with Crippen molar-refractivity contribution in [3.63, 3.8) is 0 Å². The fraction of sp³-hybridized carbons (Fsp3) is 0.238. The van der Waals surface area contributed by atoms with Gasteiger partial charge in [0.25, 0.3) is 0 Å². The molecular weight excluding hydrogens is 362 g/mol. The van der Waals surface area contributed by atoms with E-state index in [1.807, 2.05) is 13.0 Å². The van der Waals surface area contributed by atoms with E-state index in [-0.39, 0.29) is 5.95 Å². The number of benzene rings is 2. The topological polar surface area (TPSA) is 80.0 Å². The number of aromatic nitrogens is 1. The van der Waals surface area contributed by atoms with E-state index in [0.717, 1.165) is 6.42 Å². The highest BCUT2D eigenvalue weighted by Gasteiger charge is 2.20. The fourth-order valence-corrected chi connectivity index (χ4v) is 2.55. The Morgan fingerprint density at radius 1 is 0.964 bits per heavy atom. The fourth-order valence-electron chi connectivity index (χ4n) is 2.55. The van der Waals surface area contributed by atoms with Crippen LogP contribution in [-0.4, -0.2) is 25.4 Å². The summed E-state index contributed by atoms with van der Waals surface area (Å²) >= 11 is 0. The summed E-state index contributed by atoms with van der Waals surface area (Å²) in [6.45, 7) is 2.00. The van der Waals surface area contributed by atoms with Gasteiger partial charge >= 0.3 is 12.1 Å². The van der Waals surface area contributed by atoms with E-state index in [2.05, 4.69) is 4.98 Å². The smallest absolute Gasteiger partial charge is 0.497 e. The van der Waals surface area contributed by atoms with E-state index in [9.17, 15) is 4.79 Å². The molecule has 1 aromatic heterocycles. The monoisotopic (exact) mass is 383 g/mol. The van der Waals surface area contributed by atoms with Crippen LogP contribution in [0.4, 0.5) is 4.79 Å². The van der Waals surface area contributed by atoms with Crippen LogP contribution in [0.2, 0.25) is 0 Å². The molecular formula is C21H21NO6. The first-order valence-corrected chi connectivity index (χ1v) is 8.80. The maximum Gasteiger partial charge on any atom is 0.521 e. The van der Waals surface area contributed by atoms with Crippen molar-refractivity contribution >= 4 is 6.16 Å². The number of ether oxygens (including phenoxy) is 4. The maximum absolute atomic E-state index is 12.1. The number of hydrogen-bond acceptors (Lipinski definition) is 7. The Kier molecular flexibility index (Phi) is 6.16. The van der Waals surface area contributed by atoms with Crippen molar-refractivity contribution in [1.82, 2.24) is 4.98 Å². The molecule has 0 spiro atoms. The SMILES string of the molecule is CCCc1nc(-c2cc(OC)cc(OC)c2)oc1OC(=O)Oc1ccccc1. The van der Waals surface area contributed by atoms with Crippen LogP contribution < -0.4 is 18.9 Å². The van der Waals surface area contributed by atoms with Gasteiger partial charge in [0, 0.05) is 11.6 Å². The Balaban J connectivity index is 1.86.